The van der Waals surface area contributed by atoms with Gasteiger partial charge in [0.2, 0.25) is 0 Å². The van der Waals surface area contributed by atoms with Crippen molar-refractivity contribution in [3.8, 4) is 0 Å². The first kappa shape index (κ1) is 16.4. The van der Waals surface area contributed by atoms with Gasteiger partial charge in [-0.05, 0) is 44.8 Å². The van der Waals surface area contributed by atoms with Crippen molar-refractivity contribution in [2.75, 3.05) is 25.1 Å². The number of nitrogens with one attached hydrogen (secondary N) is 1. The Hall–Kier alpha value is -1.01. The molecule has 1 fully saturated rings. The quantitative estimate of drug-likeness (QED) is 0.856. The first-order chi connectivity index (χ1) is 10.0. The Balaban J connectivity index is 2.36. The topological polar surface area (TPSA) is 72.0 Å². The zero-order valence-corrected chi connectivity index (χ0v) is 14.0. The second-order valence-electron chi connectivity index (χ2n) is 5.61. The van der Waals surface area contributed by atoms with Gasteiger partial charge in [-0.15, -0.1) is 0 Å². The molecule has 1 aromatic rings. The fourth-order valence-electron chi connectivity index (χ4n) is 2.91. The maximum Gasteiger partial charge on any atom is 0.151 e. The van der Waals surface area contributed by atoms with Crippen molar-refractivity contribution in [3.63, 3.8) is 0 Å². The van der Waals surface area contributed by atoms with Crippen LogP contribution in [0.5, 0.6) is 0 Å². The molecule has 118 valence electrons. The first-order valence-electron chi connectivity index (χ1n) is 7.74. The van der Waals surface area contributed by atoms with E-state index in [1.54, 1.807) is 0 Å². The molecule has 0 spiro atoms. The van der Waals surface area contributed by atoms with Crippen LogP contribution < -0.4 is 5.32 Å². The summed E-state index contributed by atoms with van der Waals surface area (Å²) in [5.74, 6) is 1.18. The summed E-state index contributed by atoms with van der Waals surface area (Å²) in [5.41, 5.74) is 3.40. The highest BCUT2D eigenvalue weighted by atomic mass is 32.2. The molecule has 1 saturated heterocycles. The fraction of sp³-hybridized carbons (Fsp3) is 0.733. The Bertz CT molecular complexity index is 574. The van der Waals surface area contributed by atoms with Crippen molar-refractivity contribution in [3.05, 3.63) is 22.8 Å². The molecule has 2 heterocycles. The van der Waals surface area contributed by atoms with Crippen molar-refractivity contribution in [1.82, 2.24) is 15.3 Å². The number of aryl methyl sites for hydroxylation is 2. The van der Waals surface area contributed by atoms with Gasteiger partial charge in [0.15, 0.2) is 9.84 Å². The molecule has 2 rings (SSSR count). The lowest BCUT2D eigenvalue weighted by molar-refractivity contribution is 0.600. The Morgan fingerprint density at radius 1 is 1.19 bits per heavy atom. The van der Waals surface area contributed by atoms with E-state index >= 15 is 0 Å². The highest BCUT2D eigenvalue weighted by molar-refractivity contribution is 7.91. The lowest BCUT2D eigenvalue weighted by Gasteiger charge is -2.16. The van der Waals surface area contributed by atoms with Gasteiger partial charge < -0.3 is 5.32 Å². The van der Waals surface area contributed by atoms with Gasteiger partial charge in [-0.1, -0.05) is 13.8 Å². The predicted molar refractivity (Wildman–Crippen MR) is 84.4 cm³/mol. The van der Waals surface area contributed by atoms with Crippen molar-refractivity contribution in [2.24, 2.45) is 0 Å². The third-order valence-corrected chi connectivity index (χ3v) is 5.86. The van der Waals surface area contributed by atoms with Crippen molar-refractivity contribution < 1.29 is 8.42 Å². The third-order valence-electron chi connectivity index (χ3n) is 4.09. The van der Waals surface area contributed by atoms with Gasteiger partial charge in [0, 0.05) is 17.3 Å². The standard InChI is InChI=1S/C15H25N3O2S/c1-4-13-12(6-8-16-3)14(5-2)18-15(17-13)11-7-9-21(19,20)10-11/h11,16H,4-10H2,1-3H3. The summed E-state index contributed by atoms with van der Waals surface area (Å²) in [4.78, 5) is 9.39. The van der Waals surface area contributed by atoms with E-state index in [1.165, 1.54) is 5.56 Å². The number of nitrogens with zero attached hydrogens (tertiary/aromatic N) is 2. The van der Waals surface area contributed by atoms with E-state index in [-0.39, 0.29) is 17.4 Å². The molecule has 0 bridgehead atoms. The number of rotatable bonds is 6. The minimum atomic E-state index is -2.90. The van der Waals surface area contributed by atoms with Crippen LogP contribution in [0, 0.1) is 0 Å². The van der Waals surface area contributed by atoms with E-state index in [4.69, 9.17) is 9.97 Å². The molecule has 1 aliphatic heterocycles. The SMILES string of the molecule is CCc1nc(C2CCS(=O)(=O)C2)nc(CC)c1CCNC. The molecule has 5 nitrogen and oxygen atoms in total. The van der Waals surface area contributed by atoms with Crippen LogP contribution >= 0.6 is 0 Å². The zero-order chi connectivity index (χ0) is 15.5. The monoisotopic (exact) mass is 311 g/mol. The molecule has 1 unspecified atom stereocenters. The molecule has 21 heavy (non-hydrogen) atoms. The van der Waals surface area contributed by atoms with Gasteiger partial charge in [0.25, 0.3) is 0 Å². The summed E-state index contributed by atoms with van der Waals surface area (Å²) < 4.78 is 23.3. The van der Waals surface area contributed by atoms with Gasteiger partial charge in [-0.25, -0.2) is 18.4 Å². The minimum absolute atomic E-state index is 0.0241. The number of aromatic nitrogens is 2. The maximum atomic E-state index is 11.7. The van der Waals surface area contributed by atoms with E-state index in [9.17, 15) is 8.42 Å². The molecular weight excluding hydrogens is 286 g/mol. The Morgan fingerprint density at radius 3 is 2.24 bits per heavy atom. The Morgan fingerprint density at radius 2 is 1.81 bits per heavy atom. The van der Waals surface area contributed by atoms with Crippen molar-refractivity contribution in [1.29, 1.82) is 0 Å². The summed E-state index contributed by atoms with van der Waals surface area (Å²) in [6.45, 7) is 5.10. The Kier molecular flexibility index (Phi) is 5.32. The predicted octanol–water partition coefficient (Wildman–Crippen LogP) is 1.27. The first-order valence-corrected chi connectivity index (χ1v) is 9.56. The number of hydrogen-bond acceptors (Lipinski definition) is 5. The van der Waals surface area contributed by atoms with Crippen LogP contribution in [0.2, 0.25) is 0 Å². The lowest BCUT2D eigenvalue weighted by atomic mass is 10.0. The highest BCUT2D eigenvalue weighted by Gasteiger charge is 2.31. The van der Waals surface area contributed by atoms with Crippen LogP contribution in [-0.2, 0) is 29.1 Å². The van der Waals surface area contributed by atoms with Crippen LogP contribution in [0.4, 0.5) is 0 Å². The smallest absolute Gasteiger partial charge is 0.151 e. The summed E-state index contributed by atoms with van der Waals surface area (Å²) in [7, 11) is -0.957. The molecule has 0 aliphatic carbocycles. The second-order valence-corrected chi connectivity index (χ2v) is 7.84. The third kappa shape index (κ3) is 3.80. The summed E-state index contributed by atoms with van der Waals surface area (Å²) in [5, 5.41) is 3.16. The molecule has 0 aromatic carbocycles. The molecule has 1 aromatic heterocycles. The van der Waals surface area contributed by atoms with Crippen LogP contribution in [0.15, 0.2) is 0 Å². The molecule has 0 saturated carbocycles. The maximum absolute atomic E-state index is 11.7. The van der Waals surface area contributed by atoms with E-state index in [2.05, 4.69) is 19.2 Å². The molecule has 6 heteroatoms. The lowest BCUT2D eigenvalue weighted by Crippen LogP contribution is -2.17. The van der Waals surface area contributed by atoms with E-state index in [0.717, 1.165) is 43.0 Å². The Labute approximate surface area is 127 Å². The average molecular weight is 311 g/mol. The van der Waals surface area contributed by atoms with E-state index in [1.807, 2.05) is 7.05 Å². The fourth-order valence-corrected chi connectivity index (χ4v) is 4.65. The summed E-state index contributed by atoms with van der Waals surface area (Å²) >= 11 is 0. The van der Waals surface area contributed by atoms with Gasteiger partial charge in [-0.3, -0.25) is 0 Å². The molecule has 1 atom stereocenters. The van der Waals surface area contributed by atoms with Crippen LogP contribution in [0.1, 0.15) is 49.0 Å². The van der Waals surface area contributed by atoms with Gasteiger partial charge in [0.1, 0.15) is 5.82 Å². The van der Waals surface area contributed by atoms with E-state index < -0.39 is 9.84 Å². The number of hydrogen-bond donors (Lipinski definition) is 1. The van der Waals surface area contributed by atoms with Crippen molar-refractivity contribution >= 4 is 9.84 Å². The van der Waals surface area contributed by atoms with Crippen LogP contribution in [-0.4, -0.2) is 43.5 Å². The average Bonchev–Trinajstić information content (AvgIpc) is 2.84. The molecule has 1 N–H and O–H groups in total. The molecule has 0 amide bonds. The van der Waals surface area contributed by atoms with Gasteiger partial charge >= 0.3 is 0 Å². The zero-order valence-electron chi connectivity index (χ0n) is 13.1. The number of likely N-dealkylation sites (N-methyl/N-ethyl adjacent to an activating group) is 1. The molecular formula is C15H25N3O2S. The van der Waals surface area contributed by atoms with Crippen molar-refractivity contribution in [2.45, 2.75) is 45.4 Å². The second kappa shape index (κ2) is 6.83. The van der Waals surface area contributed by atoms with Crippen LogP contribution in [0.3, 0.4) is 0 Å². The minimum Gasteiger partial charge on any atom is -0.319 e. The summed E-state index contributed by atoms with van der Waals surface area (Å²) in [6, 6.07) is 0. The number of sulfone groups is 1. The largest absolute Gasteiger partial charge is 0.319 e. The van der Waals surface area contributed by atoms with E-state index in [0.29, 0.717) is 6.42 Å². The van der Waals surface area contributed by atoms with Gasteiger partial charge in [0.05, 0.1) is 11.5 Å². The summed E-state index contributed by atoms with van der Waals surface area (Å²) in [6.07, 6.45) is 3.30. The molecule has 1 aliphatic rings. The van der Waals surface area contributed by atoms with Crippen LogP contribution in [0.25, 0.3) is 0 Å². The normalized spacial score (nSPS) is 20.8. The molecule has 0 radical (unpaired) electrons. The van der Waals surface area contributed by atoms with Gasteiger partial charge in [-0.2, -0.15) is 0 Å². The highest BCUT2D eigenvalue weighted by Crippen LogP contribution is 2.28.